The number of fused-ring (bicyclic) bond motifs is 8. The van der Waals surface area contributed by atoms with Crippen molar-refractivity contribution in [3.8, 4) is 44.5 Å². The first kappa shape index (κ1) is 36.6. The van der Waals surface area contributed by atoms with E-state index in [1.54, 1.807) is 0 Å². The minimum Gasteiger partial charge on any atom is -0.657 e. The van der Waals surface area contributed by atoms with Crippen LogP contribution in [0.4, 0.5) is 0 Å². The van der Waals surface area contributed by atoms with E-state index < -0.39 is 12.0 Å². The summed E-state index contributed by atoms with van der Waals surface area (Å²) in [5, 5.41) is 13.5. The van der Waals surface area contributed by atoms with Gasteiger partial charge in [0, 0.05) is 4.92 Å². The molecule has 0 spiro atoms. The topological polar surface area (TPSA) is 97.1 Å². The summed E-state index contributed by atoms with van der Waals surface area (Å²) in [5.41, 5.74) is 12.4. The third-order valence-corrected chi connectivity index (χ3v) is 10.6. The number of nitro groups is 1. The first-order chi connectivity index (χ1) is 27.1. The summed E-state index contributed by atoms with van der Waals surface area (Å²) < 4.78 is 0. The van der Waals surface area contributed by atoms with Crippen LogP contribution < -0.4 is 9.97 Å². The Hall–Kier alpha value is -6.37. The van der Waals surface area contributed by atoms with Crippen LogP contribution in [0.3, 0.4) is 0 Å². The fraction of sp³-hybridized carbons (Fsp3) is 0.125. The normalized spacial score (nSPS) is 14.7. The molecular weight excluding hydrogens is 737 g/mol. The van der Waals surface area contributed by atoms with Crippen LogP contribution in [0, 0.1) is 10.1 Å². The molecular formula is C48H37N5NiO2. The maximum Gasteiger partial charge on any atom is 2.00 e. The Kier molecular flexibility index (Phi) is 10.3. The first-order valence-electron chi connectivity index (χ1n) is 18.8. The van der Waals surface area contributed by atoms with Gasteiger partial charge >= 0.3 is 16.5 Å². The minimum absolute atomic E-state index is 0. The smallest absolute Gasteiger partial charge is 0.657 e. The molecule has 0 N–H and O–H groups in total. The third kappa shape index (κ3) is 6.67. The van der Waals surface area contributed by atoms with Crippen molar-refractivity contribution in [3.05, 3.63) is 178 Å². The molecule has 8 heteroatoms. The molecule has 2 atom stereocenters. The number of benzene rings is 4. The molecule has 0 radical (unpaired) electrons. The fourth-order valence-corrected chi connectivity index (χ4v) is 8.08. The number of hydrogen-bond donors (Lipinski definition) is 0. The van der Waals surface area contributed by atoms with Gasteiger partial charge in [0.15, 0.2) is 0 Å². The minimum atomic E-state index is -1.09. The number of unbranched alkanes of at least 4 members (excludes halogenated alkanes) is 1. The monoisotopic (exact) mass is 773 g/mol. The average Bonchev–Trinajstić information content (AvgIpc) is 4.05. The Labute approximate surface area is 335 Å². The van der Waals surface area contributed by atoms with Crippen LogP contribution >= 0.6 is 0 Å². The molecule has 3 aromatic heterocycles. The summed E-state index contributed by atoms with van der Waals surface area (Å²) in [4.78, 5) is 34.7. The second-order valence-electron chi connectivity index (χ2n) is 14.0. The predicted octanol–water partition coefficient (Wildman–Crippen LogP) is 11.7. The van der Waals surface area contributed by atoms with Crippen molar-refractivity contribution < 1.29 is 21.4 Å². The van der Waals surface area contributed by atoms with Gasteiger partial charge in [-0.2, -0.15) is 0 Å². The third-order valence-electron chi connectivity index (χ3n) is 10.6. The molecule has 5 heterocycles. The van der Waals surface area contributed by atoms with E-state index in [0.717, 1.165) is 74.2 Å². The molecule has 9 rings (SSSR count). The van der Waals surface area contributed by atoms with Crippen LogP contribution in [-0.2, 0) is 16.5 Å². The van der Waals surface area contributed by atoms with Crippen molar-refractivity contribution in [1.29, 1.82) is 0 Å². The average molecular weight is 775 g/mol. The van der Waals surface area contributed by atoms with Gasteiger partial charge in [-0.05, 0) is 63.1 Å². The van der Waals surface area contributed by atoms with E-state index in [2.05, 4.69) is 37.3 Å². The zero-order valence-corrected chi connectivity index (χ0v) is 31.6. The molecule has 0 amide bonds. The maximum atomic E-state index is 13.5. The largest absolute Gasteiger partial charge is 2.00 e. The molecule has 4 aromatic carbocycles. The van der Waals surface area contributed by atoms with Crippen molar-refractivity contribution in [2.75, 3.05) is 0 Å². The van der Waals surface area contributed by atoms with Crippen LogP contribution in [0.5, 0.6) is 0 Å². The molecule has 276 valence electrons. The van der Waals surface area contributed by atoms with Gasteiger partial charge < -0.3 is 9.97 Å². The van der Waals surface area contributed by atoms with E-state index in [9.17, 15) is 10.1 Å². The molecule has 7 nitrogen and oxygen atoms in total. The van der Waals surface area contributed by atoms with Crippen LogP contribution in [0.15, 0.2) is 146 Å². The van der Waals surface area contributed by atoms with Gasteiger partial charge in [0.05, 0.1) is 23.0 Å². The van der Waals surface area contributed by atoms with Gasteiger partial charge in [-0.15, -0.1) is 22.1 Å². The van der Waals surface area contributed by atoms with Gasteiger partial charge in [-0.25, -0.2) is 9.97 Å². The van der Waals surface area contributed by atoms with E-state index in [1.807, 2.05) is 127 Å². The van der Waals surface area contributed by atoms with Gasteiger partial charge in [0.2, 0.25) is 0 Å². The molecule has 8 bridgehead atoms. The SMILES string of the molecule is CCCCC1c2nc(c(-c3ccccc3)c3ccc([n-]3)c(-c3ccccc3)c3nc(c(-c4ccccc4)c4ccc([n-]4)c2-c2ccccc2)C=C3)C1[N+](=O)[O-].[Ni+2]. The Morgan fingerprint density at radius 1 is 0.536 bits per heavy atom. The number of rotatable bonds is 8. The van der Waals surface area contributed by atoms with Gasteiger partial charge in [-0.1, -0.05) is 165 Å². The molecule has 2 aliphatic rings. The van der Waals surface area contributed by atoms with E-state index in [0.29, 0.717) is 34.4 Å². The van der Waals surface area contributed by atoms with Crippen LogP contribution in [0.2, 0.25) is 0 Å². The second kappa shape index (κ2) is 15.8. The van der Waals surface area contributed by atoms with E-state index in [1.165, 1.54) is 0 Å². The summed E-state index contributed by atoms with van der Waals surface area (Å²) in [6, 6.07) is 47.2. The van der Waals surface area contributed by atoms with Gasteiger partial charge in [-0.3, -0.25) is 10.1 Å². The van der Waals surface area contributed by atoms with Crippen molar-refractivity contribution in [3.63, 3.8) is 0 Å². The molecule has 7 aromatic rings. The standard InChI is InChI=1S/C48H37N5O2.Ni/c1-2-3-24-35-46-44(33-20-12-6-13-21-33)40-29-27-38(50-40)42(31-16-8-4-9-17-31)36-25-26-37(49-36)43(32-18-10-5-11-19-32)39-28-30-41(51-39)45(34-22-14-7-15-23-34)47(52-46)48(35)53(54)55;/h4-23,25-30,35,48H,2-3,24H2,1H3;/q-2;+2. The quantitative estimate of drug-likeness (QED) is 0.0866. The number of nitrogens with zero attached hydrogens (tertiary/aromatic N) is 5. The van der Waals surface area contributed by atoms with Crippen LogP contribution in [-0.4, -0.2) is 14.9 Å². The van der Waals surface area contributed by atoms with Crippen molar-refractivity contribution >= 4 is 34.2 Å². The van der Waals surface area contributed by atoms with E-state index in [4.69, 9.17) is 19.9 Å². The molecule has 0 saturated carbocycles. The van der Waals surface area contributed by atoms with E-state index >= 15 is 0 Å². The summed E-state index contributed by atoms with van der Waals surface area (Å²) >= 11 is 0. The Bertz CT molecular complexity index is 2730. The summed E-state index contributed by atoms with van der Waals surface area (Å²) in [5.74, 6) is -0.493. The summed E-state index contributed by atoms with van der Waals surface area (Å²) in [7, 11) is 0. The van der Waals surface area contributed by atoms with Crippen molar-refractivity contribution in [1.82, 2.24) is 19.9 Å². The molecule has 0 fully saturated rings. The Morgan fingerprint density at radius 3 is 1.30 bits per heavy atom. The molecule has 2 aliphatic heterocycles. The molecule has 2 unspecified atom stereocenters. The number of hydrogen-bond acceptors (Lipinski definition) is 4. The maximum absolute atomic E-state index is 13.5. The fourth-order valence-electron chi connectivity index (χ4n) is 8.08. The van der Waals surface area contributed by atoms with Crippen molar-refractivity contribution in [2.24, 2.45) is 0 Å². The van der Waals surface area contributed by atoms with Crippen LogP contribution in [0.25, 0.3) is 78.7 Å². The number of aromatic nitrogens is 4. The van der Waals surface area contributed by atoms with Crippen molar-refractivity contribution in [2.45, 2.75) is 38.1 Å². The summed E-state index contributed by atoms with van der Waals surface area (Å²) in [6.45, 7) is 2.12. The molecule has 56 heavy (non-hydrogen) atoms. The zero-order chi connectivity index (χ0) is 37.3. The first-order valence-corrected chi connectivity index (χ1v) is 18.8. The Morgan fingerprint density at radius 2 is 0.911 bits per heavy atom. The second-order valence-corrected chi connectivity index (χ2v) is 14.0. The van der Waals surface area contributed by atoms with E-state index in [-0.39, 0.29) is 21.4 Å². The zero-order valence-electron chi connectivity index (χ0n) is 30.7. The molecule has 0 aliphatic carbocycles. The molecule has 0 saturated heterocycles. The predicted molar refractivity (Wildman–Crippen MR) is 222 cm³/mol. The summed E-state index contributed by atoms with van der Waals surface area (Å²) in [6.07, 6.45) is 6.42. The van der Waals surface area contributed by atoms with Crippen LogP contribution in [0.1, 0.15) is 60.9 Å². The Balaban J connectivity index is 0.00000441. The van der Waals surface area contributed by atoms with Gasteiger partial charge in [0.25, 0.3) is 6.04 Å². The van der Waals surface area contributed by atoms with Gasteiger partial charge in [0.1, 0.15) is 5.69 Å².